The highest BCUT2D eigenvalue weighted by molar-refractivity contribution is 7.80. The van der Waals surface area contributed by atoms with Crippen LogP contribution in [0, 0.1) is 0 Å². The van der Waals surface area contributed by atoms with Gasteiger partial charge in [0.2, 0.25) is 10.5 Å². The van der Waals surface area contributed by atoms with Crippen LogP contribution >= 0.6 is 12.2 Å². The molecule has 0 aliphatic rings. The second kappa shape index (κ2) is 3.48. The summed E-state index contributed by atoms with van der Waals surface area (Å²) in [6.45, 7) is 0. The molecule has 0 aliphatic heterocycles. The Balaban J connectivity index is 2.85. The van der Waals surface area contributed by atoms with Gasteiger partial charge in [-0.25, -0.2) is 0 Å². The molecule has 1 aromatic carbocycles. The summed E-state index contributed by atoms with van der Waals surface area (Å²) >= 11 is 4.93. The summed E-state index contributed by atoms with van der Waals surface area (Å²) in [5.74, 6) is 0. The lowest BCUT2D eigenvalue weighted by atomic mass is 10.2. The second-order valence-corrected chi connectivity index (χ2v) is 2.64. The van der Waals surface area contributed by atoms with Crippen LogP contribution in [-0.4, -0.2) is 15.5 Å². The molecule has 0 unspecified atom stereocenters. The minimum Gasteiger partial charge on any atom is -0.545 e. The molecule has 0 N–H and O–H groups in total. The van der Waals surface area contributed by atoms with Crippen molar-refractivity contribution in [2.45, 2.75) is 0 Å². The van der Waals surface area contributed by atoms with Crippen molar-refractivity contribution in [1.29, 1.82) is 0 Å². The smallest absolute Gasteiger partial charge is 0.205 e. The minimum absolute atomic E-state index is 0.604. The fourth-order valence-electron chi connectivity index (χ4n) is 0.692. The molecule has 0 aromatic heterocycles. The Kier molecular flexibility index (Phi) is 2.59. The fraction of sp³-hybridized carbons (Fsp3) is 0. The van der Waals surface area contributed by atoms with E-state index in [-0.39, 0.29) is 0 Å². The van der Waals surface area contributed by atoms with E-state index in [9.17, 15) is 0 Å². The minimum atomic E-state index is 0.604. The van der Waals surface area contributed by atoms with Gasteiger partial charge in [0.15, 0.2) is 5.05 Å². The monoisotopic (exact) mass is 168 g/mol. The van der Waals surface area contributed by atoms with Crippen LogP contribution in [0.5, 0.6) is 0 Å². The molecule has 0 atom stereocenters. The average molecular weight is 168 g/mol. The molecular weight excluding hydrogens is 160 g/mol. The summed E-state index contributed by atoms with van der Waals surface area (Å²) in [5.41, 5.74) is 0.993. The fourth-order valence-corrected chi connectivity index (χ4v) is 1.06. The molecular formula is C7H8OSSi. The van der Waals surface area contributed by atoms with E-state index in [0.717, 1.165) is 5.56 Å². The van der Waals surface area contributed by atoms with Gasteiger partial charge in [0, 0.05) is 5.56 Å². The van der Waals surface area contributed by atoms with E-state index < -0.39 is 0 Å². The molecule has 52 valence electrons. The SMILES string of the molecule is [SiH3]OC(=S)c1ccccc1. The molecule has 1 nitrogen and oxygen atoms in total. The molecule has 10 heavy (non-hydrogen) atoms. The second-order valence-electron chi connectivity index (χ2n) is 1.86. The quantitative estimate of drug-likeness (QED) is 0.450. The van der Waals surface area contributed by atoms with Crippen molar-refractivity contribution in [1.82, 2.24) is 0 Å². The van der Waals surface area contributed by atoms with Gasteiger partial charge in [0.25, 0.3) is 0 Å². The van der Waals surface area contributed by atoms with E-state index in [1.807, 2.05) is 30.3 Å². The van der Waals surface area contributed by atoms with E-state index in [0.29, 0.717) is 15.5 Å². The molecule has 0 bridgehead atoms. The highest BCUT2D eigenvalue weighted by Gasteiger charge is 1.94. The van der Waals surface area contributed by atoms with Gasteiger partial charge < -0.3 is 4.43 Å². The molecule has 0 saturated heterocycles. The third-order valence-electron chi connectivity index (χ3n) is 1.19. The van der Waals surface area contributed by atoms with E-state index in [4.69, 9.17) is 16.6 Å². The predicted molar refractivity (Wildman–Crippen MR) is 49.2 cm³/mol. The lowest BCUT2D eigenvalue weighted by Crippen LogP contribution is -1.99. The summed E-state index contributed by atoms with van der Waals surface area (Å²) in [7, 11) is 0.666. The van der Waals surface area contributed by atoms with Gasteiger partial charge in [-0.3, -0.25) is 0 Å². The molecule has 0 amide bonds. The first kappa shape index (κ1) is 7.43. The van der Waals surface area contributed by atoms with Crippen LogP contribution in [0.1, 0.15) is 5.56 Å². The lowest BCUT2D eigenvalue weighted by molar-refractivity contribution is 0.632. The topological polar surface area (TPSA) is 9.23 Å². The Morgan fingerprint density at radius 1 is 1.30 bits per heavy atom. The summed E-state index contributed by atoms with van der Waals surface area (Å²) in [6, 6.07) is 9.74. The third kappa shape index (κ3) is 1.65. The van der Waals surface area contributed by atoms with Crippen molar-refractivity contribution < 1.29 is 4.43 Å². The average Bonchev–Trinajstić information content (AvgIpc) is 2.05. The first-order chi connectivity index (χ1) is 4.84. The van der Waals surface area contributed by atoms with Gasteiger partial charge in [-0.05, 0) is 12.2 Å². The van der Waals surface area contributed by atoms with Gasteiger partial charge in [0.1, 0.15) is 0 Å². The van der Waals surface area contributed by atoms with Crippen LogP contribution in [0.25, 0.3) is 0 Å². The maximum absolute atomic E-state index is 5.01. The Morgan fingerprint density at radius 2 is 1.90 bits per heavy atom. The summed E-state index contributed by atoms with van der Waals surface area (Å²) < 4.78 is 5.01. The number of hydrogen-bond acceptors (Lipinski definition) is 2. The first-order valence-electron chi connectivity index (χ1n) is 2.98. The van der Waals surface area contributed by atoms with Gasteiger partial charge in [0.05, 0.1) is 0 Å². The molecule has 0 heterocycles. The van der Waals surface area contributed by atoms with Crippen molar-refractivity contribution in [3.05, 3.63) is 35.9 Å². The van der Waals surface area contributed by atoms with Crippen molar-refractivity contribution >= 4 is 27.8 Å². The molecule has 1 aromatic rings. The molecule has 3 heteroatoms. The van der Waals surface area contributed by atoms with Gasteiger partial charge in [-0.1, -0.05) is 30.3 Å². The van der Waals surface area contributed by atoms with E-state index in [1.54, 1.807) is 0 Å². The predicted octanol–water partition coefficient (Wildman–Crippen LogP) is 0.659. The van der Waals surface area contributed by atoms with Crippen LogP contribution in [0.2, 0.25) is 0 Å². The number of rotatable bonds is 1. The Hall–Kier alpha value is -0.673. The van der Waals surface area contributed by atoms with E-state index >= 15 is 0 Å². The molecule has 0 saturated carbocycles. The molecule has 0 radical (unpaired) electrons. The summed E-state index contributed by atoms with van der Waals surface area (Å²) in [6.07, 6.45) is 0. The zero-order chi connectivity index (χ0) is 7.40. The molecule has 1 rings (SSSR count). The van der Waals surface area contributed by atoms with Crippen LogP contribution in [-0.2, 0) is 4.43 Å². The Bertz CT molecular complexity index is 222. The van der Waals surface area contributed by atoms with Crippen molar-refractivity contribution in [2.75, 3.05) is 0 Å². The van der Waals surface area contributed by atoms with Crippen LogP contribution in [0.4, 0.5) is 0 Å². The maximum Gasteiger partial charge on any atom is 0.205 e. The van der Waals surface area contributed by atoms with Gasteiger partial charge in [-0.15, -0.1) is 0 Å². The Labute approximate surface area is 68.6 Å². The number of hydrogen-bond donors (Lipinski definition) is 0. The Morgan fingerprint density at radius 3 is 2.40 bits per heavy atom. The lowest BCUT2D eigenvalue weighted by Gasteiger charge is -2.00. The van der Waals surface area contributed by atoms with Gasteiger partial charge >= 0.3 is 0 Å². The zero-order valence-corrected chi connectivity index (χ0v) is 8.52. The standard InChI is InChI=1S/C7H8OSSi/c9-7(8-10)6-4-2-1-3-5-6/h1-5H,10H3. The van der Waals surface area contributed by atoms with E-state index in [2.05, 4.69) is 0 Å². The van der Waals surface area contributed by atoms with Crippen LogP contribution < -0.4 is 0 Å². The first-order valence-corrected chi connectivity index (χ1v) is 4.20. The maximum atomic E-state index is 5.01. The molecule has 0 spiro atoms. The number of benzene rings is 1. The van der Waals surface area contributed by atoms with Crippen LogP contribution in [0.15, 0.2) is 30.3 Å². The summed E-state index contributed by atoms with van der Waals surface area (Å²) in [4.78, 5) is 0. The molecule has 0 fully saturated rings. The third-order valence-corrected chi connectivity index (χ3v) is 2.30. The van der Waals surface area contributed by atoms with Crippen LogP contribution in [0.3, 0.4) is 0 Å². The normalized spacial score (nSPS) is 9.20. The van der Waals surface area contributed by atoms with Crippen molar-refractivity contribution in [3.8, 4) is 0 Å². The van der Waals surface area contributed by atoms with E-state index in [1.165, 1.54) is 0 Å². The molecule has 0 aliphatic carbocycles. The zero-order valence-electron chi connectivity index (χ0n) is 5.70. The van der Waals surface area contributed by atoms with Crippen molar-refractivity contribution in [3.63, 3.8) is 0 Å². The highest BCUT2D eigenvalue weighted by Crippen LogP contribution is 2.00. The highest BCUT2D eigenvalue weighted by atomic mass is 32.1. The van der Waals surface area contributed by atoms with Crippen molar-refractivity contribution in [2.24, 2.45) is 0 Å². The summed E-state index contributed by atoms with van der Waals surface area (Å²) in [5, 5.41) is 0.604. The van der Waals surface area contributed by atoms with Gasteiger partial charge in [-0.2, -0.15) is 0 Å². The largest absolute Gasteiger partial charge is 0.545 e. The number of thiocarbonyl (C=S) groups is 1.